The van der Waals surface area contributed by atoms with Gasteiger partial charge < -0.3 is 0 Å². The first-order valence-corrected chi connectivity index (χ1v) is 6.44. The molecule has 2 aromatic carbocycles. The summed E-state index contributed by atoms with van der Waals surface area (Å²) in [6.45, 7) is 0. The van der Waals surface area contributed by atoms with Crippen LogP contribution in [0.4, 0.5) is 0 Å². The largest absolute Gasteiger partial charge is 0.0732 e. The highest BCUT2D eigenvalue weighted by atomic mass is 14.1. The Labute approximate surface area is 114 Å². The van der Waals surface area contributed by atoms with Gasteiger partial charge in [0.2, 0.25) is 0 Å². The lowest BCUT2D eigenvalue weighted by Gasteiger charge is -2.04. The van der Waals surface area contributed by atoms with E-state index in [1.54, 1.807) is 0 Å². The standard InChI is InChI=1S/C19H14/c1-2-6-16(7-3-1)10-11-17-12-14-19(15-13-17)18-8-4-5-9-18/h1-9,12-15,18H. The van der Waals surface area contributed by atoms with Crippen molar-refractivity contribution >= 4 is 0 Å². The molecule has 90 valence electrons. The quantitative estimate of drug-likeness (QED) is 0.654. The van der Waals surface area contributed by atoms with Gasteiger partial charge in [0, 0.05) is 17.0 Å². The Balaban J connectivity index is 1.78. The molecular formula is C19H14. The molecule has 1 aliphatic carbocycles. The zero-order chi connectivity index (χ0) is 12.9. The van der Waals surface area contributed by atoms with Crippen molar-refractivity contribution in [2.45, 2.75) is 5.92 Å². The van der Waals surface area contributed by atoms with Crippen LogP contribution in [0.15, 0.2) is 78.9 Å². The summed E-state index contributed by atoms with van der Waals surface area (Å²) < 4.78 is 0. The molecule has 0 unspecified atom stereocenters. The first-order chi connectivity index (χ1) is 9.42. The number of rotatable bonds is 1. The van der Waals surface area contributed by atoms with Crippen LogP contribution in [0.1, 0.15) is 22.6 Å². The highest BCUT2D eigenvalue weighted by molar-refractivity contribution is 5.45. The normalized spacial score (nSPS) is 13.3. The van der Waals surface area contributed by atoms with Crippen LogP contribution in [-0.4, -0.2) is 0 Å². The summed E-state index contributed by atoms with van der Waals surface area (Å²) >= 11 is 0. The molecule has 3 rings (SSSR count). The van der Waals surface area contributed by atoms with Crippen LogP contribution in [0.5, 0.6) is 0 Å². The lowest BCUT2D eigenvalue weighted by molar-refractivity contribution is 1.10. The Kier molecular flexibility index (Phi) is 3.30. The Bertz CT molecular complexity index is 649. The van der Waals surface area contributed by atoms with E-state index in [4.69, 9.17) is 0 Å². The van der Waals surface area contributed by atoms with E-state index >= 15 is 0 Å². The molecule has 0 heteroatoms. The van der Waals surface area contributed by atoms with Crippen LogP contribution in [-0.2, 0) is 0 Å². The van der Waals surface area contributed by atoms with Crippen molar-refractivity contribution < 1.29 is 0 Å². The zero-order valence-electron chi connectivity index (χ0n) is 10.6. The summed E-state index contributed by atoms with van der Waals surface area (Å²) in [5.41, 5.74) is 3.42. The van der Waals surface area contributed by atoms with Crippen molar-refractivity contribution in [3.8, 4) is 11.8 Å². The summed E-state index contributed by atoms with van der Waals surface area (Å²) in [7, 11) is 0. The average molecular weight is 242 g/mol. The summed E-state index contributed by atoms with van der Waals surface area (Å²) in [6.07, 6.45) is 8.58. The summed E-state index contributed by atoms with van der Waals surface area (Å²) in [4.78, 5) is 0. The highest BCUT2D eigenvalue weighted by Gasteiger charge is 2.05. The fourth-order valence-corrected chi connectivity index (χ4v) is 2.11. The van der Waals surface area contributed by atoms with Gasteiger partial charge in [-0.1, -0.05) is 66.5 Å². The predicted molar refractivity (Wildman–Crippen MR) is 79.9 cm³/mol. The lowest BCUT2D eigenvalue weighted by atomic mass is 10.00. The van der Waals surface area contributed by atoms with Gasteiger partial charge in [0.15, 0.2) is 0 Å². The van der Waals surface area contributed by atoms with E-state index in [-0.39, 0.29) is 0 Å². The minimum atomic E-state index is 0.427. The maximum Gasteiger partial charge on any atom is 0.0249 e. The Morgan fingerprint density at radius 1 is 0.632 bits per heavy atom. The van der Waals surface area contributed by atoms with Gasteiger partial charge in [-0.3, -0.25) is 0 Å². The molecule has 0 saturated carbocycles. The molecule has 0 bridgehead atoms. The van der Waals surface area contributed by atoms with Crippen LogP contribution < -0.4 is 0 Å². The van der Waals surface area contributed by atoms with Gasteiger partial charge in [-0.2, -0.15) is 0 Å². The second kappa shape index (κ2) is 5.42. The number of hydrogen-bond donors (Lipinski definition) is 0. The van der Waals surface area contributed by atoms with Crippen molar-refractivity contribution in [3.05, 3.63) is 95.6 Å². The SMILES string of the molecule is C(#Cc1ccc(C2C=CC=C2)cc1)c1ccccc1. The van der Waals surface area contributed by atoms with E-state index in [0.29, 0.717) is 5.92 Å². The first kappa shape index (κ1) is 11.6. The Morgan fingerprint density at radius 3 is 1.84 bits per heavy atom. The molecule has 0 amide bonds. The lowest BCUT2D eigenvalue weighted by Crippen LogP contribution is -1.88. The highest BCUT2D eigenvalue weighted by Crippen LogP contribution is 2.22. The smallest absolute Gasteiger partial charge is 0.0249 e. The molecule has 0 spiro atoms. The Morgan fingerprint density at radius 2 is 1.21 bits per heavy atom. The van der Waals surface area contributed by atoms with E-state index in [0.717, 1.165) is 11.1 Å². The molecule has 0 aromatic heterocycles. The average Bonchev–Trinajstić information content (AvgIpc) is 3.01. The molecule has 1 aliphatic rings. The van der Waals surface area contributed by atoms with E-state index < -0.39 is 0 Å². The van der Waals surface area contributed by atoms with Crippen molar-refractivity contribution in [1.29, 1.82) is 0 Å². The van der Waals surface area contributed by atoms with Gasteiger partial charge in [-0.25, -0.2) is 0 Å². The Hall–Kier alpha value is -2.52. The predicted octanol–water partition coefficient (Wildman–Crippen LogP) is 4.30. The second-order valence-electron chi connectivity index (χ2n) is 4.53. The molecule has 0 heterocycles. The molecule has 0 aliphatic heterocycles. The monoisotopic (exact) mass is 242 g/mol. The molecule has 19 heavy (non-hydrogen) atoms. The third-order valence-electron chi connectivity index (χ3n) is 3.17. The molecule has 0 N–H and O–H groups in total. The van der Waals surface area contributed by atoms with Gasteiger partial charge in [0.25, 0.3) is 0 Å². The van der Waals surface area contributed by atoms with Crippen molar-refractivity contribution in [3.63, 3.8) is 0 Å². The topological polar surface area (TPSA) is 0 Å². The van der Waals surface area contributed by atoms with E-state index in [9.17, 15) is 0 Å². The van der Waals surface area contributed by atoms with Gasteiger partial charge in [-0.05, 0) is 29.8 Å². The molecule has 0 atom stereocenters. The zero-order valence-corrected chi connectivity index (χ0v) is 10.6. The maximum atomic E-state index is 3.19. The van der Waals surface area contributed by atoms with Gasteiger partial charge in [0.05, 0.1) is 0 Å². The second-order valence-corrected chi connectivity index (χ2v) is 4.53. The van der Waals surface area contributed by atoms with Crippen LogP contribution in [0.3, 0.4) is 0 Å². The van der Waals surface area contributed by atoms with Crippen molar-refractivity contribution in [2.24, 2.45) is 0 Å². The molecule has 0 saturated heterocycles. The van der Waals surface area contributed by atoms with Crippen molar-refractivity contribution in [2.75, 3.05) is 0 Å². The molecule has 0 nitrogen and oxygen atoms in total. The van der Waals surface area contributed by atoms with Gasteiger partial charge in [0.1, 0.15) is 0 Å². The number of allylic oxidation sites excluding steroid dienone is 4. The molecule has 0 fully saturated rings. The maximum absolute atomic E-state index is 3.19. The van der Waals surface area contributed by atoms with E-state index in [1.807, 2.05) is 30.3 Å². The first-order valence-electron chi connectivity index (χ1n) is 6.44. The summed E-state index contributed by atoms with van der Waals surface area (Å²) in [5, 5.41) is 0. The van der Waals surface area contributed by atoms with E-state index in [2.05, 4.69) is 60.4 Å². The van der Waals surface area contributed by atoms with E-state index in [1.165, 1.54) is 5.56 Å². The number of benzene rings is 2. The van der Waals surface area contributed by atoms with Gasteiger partial charge in [-0.15, -0.1) is 0 Å². The van der Waals surface area contributed by atoms with Gasteiger partial charge >= 0.3 is 0 Å². The van der Waals surface area contributed by atoms with Crippen LogP contribution in [0.25, 0.3) is 0 Å². The number of hydrogen-bond acceptors (Lipinski definition) is 0. The summed E-state index contributed by atoms with van der Waals surface area (Å²) in [5.74, 6) is 6.79. The minimum Gasteiger partial charge on any atom is -0.0732 e. The fourth-order valence-electron chi connectivity index (χ4n) is 2.11. The third-order valence-corrected chi connectivity index (χ3v) is 3.17. The minimum absolute atomic E-state index is 0.427. The van der Waals surface area contributed by atoms with Crippen LogP contribution in [0.2, 0.25) is 0 Å². The molecule has 2 aromatic rings. The fraction of sp³-hybridized carbons (Fsp3) is 0.0526. The van der Waals surface area contributed by atoms with Crippen LogP contribution in [0, 0.1) is 11.8 Å². The third kappa shape index (κ3) is 2.84. The summed E-state index contributed by atoms with van der Waals surface area (Å²) in [6, 6.07) is 18.5. The van der Waals surface area contributed by atoms with Crippen LogP contribution >= 0.6 is 0 Å². The molecular weight excluding hydrogens is 228 g/mol. The van der Waals surface area contributed by atoms with Crippen molar-refractivity contribution in [1.82, 2.24) is 0 Å². The molecule has 0 radical (unpaired) electrons.